The molecule has 12 heteroatoms. The first-order chi connectivity index (χ1) is 16.0. The van der Waals surface area contributed by atoms with Crippen LogP contribution in [0.15, 0.2) is 18.2 Å². The molecule has 0 unspecified atom stereocenters. The van der Waals surface area contributed by atoms with Gasteiger partial charge in [0.1, 0.15) is 25.0 Å². The van der Waals surface area contributed by atoms with Crippen molar-refractivity contribution in [2.75, 3.05) is 13.7 Å². The molecule has 0 spiro atoms. The minimum atomic E-state index is -1.31. The van der Waals surface area contributed by atoms with E-state index < -0.39 is 54.5 Å². The minimum Gasteiger partial charge on any atom is -0.493 e. The summed E-state index contributed by atoms with van der Waals surface area (Å²) in [6.07, 6.45) is -4.30. The van der Waals surface area contributed by atoms with Crippen LogP contribution in [0.1, 0.15) is 38.1 Å². The van der Waals surface area contributed by atoms with Crippen molar-refractivity contribution in [3.8, 4) is 11.5 Å². The van der Waals surface area contributed by atoms with E-state index in [0.717, 1.165) is 13.8 Å². The lowest BCUT2D eigenvalue weighted by molar-refractivity contribution is -0.257. The van der Waals surface area contributed by atoms with E-state index in [4.69, 9.17) is 28.4 Å². The number of carbonyl (C=O) groups is 5. The molecular weight excluding hydrogens is 454 g/mol. The third-order valence-corrected chi connectivity index (χ3v) is 4.64. The molecule has 0 aromatic heterocycles. The number of carbonyl (C=O) groups excluding carboxylic acids is 5. The maximum Gasteiger partial charge on any atom is 0.303 e. The molecule has 0 aliphatic carbocycles. The molecule has 1 aromatic rings. The number of hydrogen-bond donors (Lipinski definition) is 1. The Labute approximate surface area is 195 Å². The molecule has 0 saturated carbocycles. The van der Waals surface area contributed by atoms with Crippen LogP contribution in [0.2, 0.25) is 0 Å². The lowest BCUT2D eigenvalue weighted by atomic mass is 9.96. The molecule has 1 aliphatic rings. The van der Waals surface area contributed by atoms with Gasteiger partial charge >= 0.3 is 17.9 Å². The molecule has 186 valence electrons. The molecule has 1 amide bonds. The Kier molecular flexibility index (Phi) is 9.36. The van der Waals surface area contributed by atoms with Gasteiger partial charge in [-0.05, 0) is 18.2 Å². The summed E-state index contributed by atoms with van der Waals surface area (Å²) < 4.78 is 32.9. The molecule has 0 radical (unpaired) electrons. The van der Waals surface area contributed by atoms with E-state index in [-0.39, 0.29) is 18.1 Å². The molecule has 1 aliphatic heterocycles. The zero-order valence-corrected chi connectivity index (χ0v) is 19.4. The van der Waals surface area contributed by atoms with E-state index in [1.807, 2.05) is 0 Å². The van der Waals surface area contributed by atoms with Crippen molar-refractivity contribution in [1.82, 2.24) is 5.32 Å². The first-order valence-electron chi connectivity index (χ1n) is 10.3. The van der Waals surface area contributed by atoms with Gasteiger partial charge in [0.15, 0.2) is 23.7 Å². The average molecular weight is 481 g/mol. The van der Waals surface area contributed by atoms with Crippen molar-refractivity contribution in [3.63, 3.8) is 0 Å². The average Bonchev–Trinajstić information content (AvgIpc) is 2.75. The van der Waals surface area contributed by atoms with Crippen LogP contribution >= 0.6 is 0 Å². The summed E-state index contributed by atoms with van der Waals surface area (Å²) in [5.74, 6) is -2.24. The molecule has 1 heterocycles. The van der Waals surface area contributed by atoms with Gasteiger partial charge in [0, 0.05) is 33.3 Å². The fourth-order valence-corrected chi connectivity index (χ4v) is 3.37. The quantitative estimate of drug-likeness (QED) is 0.299. The van der Waals surface area contributed by atoms with Crippen molar-refractivity contribution in [2.45, 2.75) is 58.3 Å². The Morgan fingerprint density at radius 2 is 1.62 bits per heavy atom. The van der Waals surface area contributed by atoms with E-state index in [9.17, 15) is 24.0 Å². The molecule has 5 atom stereocenters. The van der Waals surface area contributed by atoms with Crippen molar-refractivity contribution in [2.24, 2.45) is 0 Å². The maximum absolute atomic E-state index is 12.0. The predicted molar refractivity (Wildman–Crippen MR) is 113 cm³/mol. The number of amides is 1. The van der Waals surface area contributed by atoms with Crippen LogP contribution in [0.3, 0.4) is 0 Å². The number of aldehydes is 1. The summed E-state index contributed by atoms with van der Waals surface area (Å²) in [7, 11) is 1.37. The lowest BCUT2D eigenvalue weighted by Gasteiger charge is -2.44. The van der Waals surface area contributed by atoms with E-state index in [2.05, 4.69) is 5.32 Å². The van der Waals surface area contributed by atoms with Gasteiger partial charge in [0.2, 0.25) is 12.2 Å². The summed E-state index contributed by atoms with van der Waals surface area (Å²) in [5.41, 5.74) is 0.326. The molecular formula is C22H27NO11. The number of esters is 3. The highest BCUT2D eigenvalue weighted by atomic mass is 16.7. The lowest BCUT2D eigenvalue weighted by Crippen LogP contribution is -2.67. The SMILES string of the molecule is COc1cc(C=O)ccc1O[C@@H]1O[C@H](COC(C)=O)[C@@H](OC(C)=O)[C@@H](OC(C)=O)[C@@H]1NC(C)=O. The Hall–Kier alpha value is -3.67. The van der Waals surface area contributed by atoms with Crippen molar-refractivity contribution in [1.29, 1.82) is 0 Å². The predicted octanol–water partition coefficient (Wildman–Crippen LogP) is 0.543. The van der Waals surface area contributed by atoms with E-state index in [0.29, 0.717) is 11.8 Å². The van der Waals surface area contributed by atoms with Crippen LogP contribution in [0.25, 0.3) is 0 Å². The van der Waals surface area contributed by atoms with Crippen LogP contribution in [-0.4, -0.2) is 74.5 Å². The second kappa shape index (κ2) is 12.0. The molecule has 2 rings (SSSR count). The molecule has 1 aromatic carbocycles. The fourth-order valence-electron chi connectivity index (χ4n) is 3.37. The summed E-state index contributed by atoms with van der Waals surface area (Å²) in [5, 5.41) is 2.59. The number of ether oxygens (including phenoxy) is 6. The van der Waals surface area contributed by atoms with Gasteiger partial charge in [-0.2, -0.15) is 0 Å². The van der Waals surface area contributed by atoms with Crippen LogP contribution in [0, 0.1) is 0 Å². The van der Waals surface area contributed by atoms with Crippen molar-refractivity contribution in [3.05, 3.63) is 23.8 Å². The Morgan fingerprint density at radius 1 is 0.971 bits per heavy atom. The smallest absolute Gasteiger partial charge is 0.303 e. The second-order valence-corrected chi connectivity index (χ2v) is 7.37. The first-order valence-corrected chi connectivity index (χ1v) is 10.3. The summed E-state index contributed by atoms with van der Waals surface area (Å²) in [4.78, 5) is 58.1. The van der Waals surface area contributed by atoms with Gasteiger partial charge < -0.3 is 33.7 Å². The second-order valence-electron chi connectivity index (χ2n) is 7.37. The number of methoxy groups -OCH3 is 1. The standard InChI is InChI=1S/C22H27NO11/c1-11(25)23-19-21(32-14(4)28)20(31-13(3)27)18(10-30-12(2)26)34-22(19)33-16-7-6-15(9-24)8-17(16)29-5/h6-9,18-22H,10H2,1-5H3,(H,23,25)/t18-,19+,20-,21+,22-/m1/s1. The summed E-state index contributed by atoms with van der Waals surface area (Å²) in [6, 6.07) is 3.22. The monoisotopic (exact) mass is 481 g/mol. The van der Waals surface area contributed by atoms with Gasteiger partial charge in [-0.3, -0.25) is 24.0 Å². The van der Waals surface area contributed by atoms with Crippen molar-refractivity contribution < 1.29 is 52.4 Å². The molecule has 12 nitrogen and oxygen atoms in total. The zero-order valence-electron chi connectivity index (χ0n) is 19.4. The van der Waals surface area contributed by atoms with Crippen LogP contribution in [0.5, 0.6) is 11.5 Å². The molecule has 1 N–H and O–H groups in total. The molecule has 1 saturated heterocycles. The first kappa shape index (κ1) is 26.6. The number of nitrogens with one attached hydrogen (secondary N) is 1. The maximum atomic E-state index is 12.0. The number of rotatable bonds is 9. The fraction of sp³-hybridized carbons (Fsp3) is 0.500. The van der Waals surface area contributed by atoms with E-state index in [1.54, 1.807) is 0 Å². The topological polar surface area (TPSA) is 153 Å². The molecule has 1 fully saturated rings. The third-order valence-electron chi connectivity index (χ3n) is 4.64. The largest absolute Gasteiger partial charge is 0.493 e. The molecule has 0 bridgehead atoms. The highest BCUT2D eigenvalue weighted by Crippen LogP contribution is 2.33. The Bertz CT molecular complexity index is 931. The highest BCUT2D eigenvalue weighted by molar-refractivity contribution is 5.76. The van der Waals surface area contributed by atoms with E-state index >= 15 is 0 Å². The van der Waals surface area contributed by atoms with Crippen molar-refractivity contribution >= 4 is 30.1 Å². The summed E-state index contributed by atoms with van der Waals surface area (Å²) >= 11 is 0. The minimum absolute atomic E-state index is 0.146. The van der Waals surface area contributed by atoms with Gasteiger partial charge in [-0.15, -0.1) is 0 Å². The number of hydrogen-bond acceptors (Lipinski definition) is 11. The van der Waals surface area contributed by atoms with Crippen LogP contribution < -0.4 is 14.8 Å². The normalized spacial score (nSPS) is 23.7. The number of benzene rings is 1. The zero-order chi connectivity index (χ0) is 25.4. The summed E-state index contributed by atoms with van der Waals surface area (Å²) in [6.45, 7) is 4.33. The van der Waals surface area contributed by atoms with Gasteiger partial charge in [-0.25, -0.2) is 0 Å². The van der Waals surface area contributed by atoms with Gasteiger partial charge in [0.25, 0.3) is 0 Å². The highest BCUT2D eigenvalue weighted by Gasteiger charge is 2.52. The molecule has 34 heavy (non-hydrogen) atoms. The third kappa shape index (κ3) is 7.17. The van der Waals surface area contributed by atoms with E-state index in [1.165, 1.54) is 39.2 Å². The van der Waals surface area contributed by atoms with Crippen LogP contribution in [-0.2, 0) is 38.1 Å². The Morgan fingerprint density at radius 3 is 2.15 bits per heavy atom. The Balaban J connectivity index is 2.51. The van der Waals surface area contributed by atoms with Gasteiger partial charge in [-0.1, -0.05) is 0 Å². The van der Waals surface area contributed by atoms with Crippen LogP contribution in [0.4, 0.5) is 0 Å². The van der Waals surface area contributed by atoms with Gasteiger partial charge in [0.05, 0.1) is 7.11 Å².